The van der Waals surface area contributed by atoms with Gasteiger partial charge in [-0.15, -0.1) is 0 Å². The Morgan fingerprint density at radius 3 is 2.70 bits per heavy atom. The van der Waals surface area contributed by atoms with Crippen molar-refractivity contribution >= 4 is 28.7 Å². The highest BCUT2D eigenvalue weighted by Gasteiger charge is 2.20. The van der Waals surface area contributed by atoms with E-state index in [0.29, 0.717) is 6.04 Å². The maximum atomic E-state index is 5.88. The van der Waals surface area contributed by atoms with Crippen molar-refractivity contribution < 1.29 is 0 Å². The minimum atomic E-state index is 0.378. The van der Waals surface area contributed by atoms with Crippen molar-refractivity contribution in [3.05, 3.63) is 58.7 Å². The van der Waals surface area contributed by atoms with Gasteiger partial charge in [0.15, 0.2) is 5.11 Å². The summed E-state index contributed by atoms with van der Waals surface area (Å²) in [5, 5.41) is 4.33. The predicted octanol–water partition coefficient (Wildman–Crippen LogP) is 6.46. The van der Waals surface area contributed by atoms with Crippen molar-refractivity contribution in [2.24, 2.45) is 0 Å². The minimum absolute atomic E-state index is 0.378. The molecule has 0 saturated carbocycles. The molecule has 162 valence electrons. The van der Waals surface area contributed by atoms with Crippen LogP contribution < -0.4 is 10.2 Å². The summed E-state index contributed by atoms with van der Waals surface area (Å²) in [5.41, 5.74) is 7.83. The lowest BCUT2D eigenvalue weighted by atomic mass is 9.98. The Hall–Kier alpha value is -2.07. The molecule has 1 atom stereocenters. The van der Waals surface area contributed by atoms with Crippen molar-refractivity contribution in [2.45, 2.75) is 72.9 Å². The number of fused-ring (bicyclic) bond motifs is 1. The molecule has 1 N–H and O–H groups in total. The fourth-order valence-electron chi connectivity index (χ4n) is 4.23. The summed E-state index contributed by atoms with van der Waals surface area (Å²) in [4.78, 5) is 4.88. The summed E-state index contributed by atoms with van der Waals surface area (Å²) >= 11 is 5.88. The molecule has 1 aliphatic rings. The van der Waals surface area contributed by atoms with Crippen LogP contribution in [0.15, 0.2) is 36.4 Å². The molecule has 0 fully saturated rings. The highest BCUT2D eigenvalue weighted by Crippen LogP contribution is 2.29. The van der Waals surface area contributed by atoms with Gasteiger partial charge in [0.1, 0.15) is 0 Å². The number of aryl methyl sites for hydroxylation is 3. The van der Waals surface area contributed by atoms with Gasteiger partial charge in [-0.1, -0.05) is 38.1 Å². The molecular weight excluding hydrogens is 386 g/mol. The zero-order valence-corrected chi connectivity index (χ0v) is 20.1. The van der Waals surface area contributed by atoms with E-state index in [9.17, 15) is 0 Å². The first-order chi connectivity index (χ1) is 14.4. The number of hydrogen-bond acceptors (Lipinski definition) is 2. The van der Waals surface area contributed by atoms with E-state index < -0.39 is 0 Å². The standard InChI is InChI=1S/C26H37N3S/c1-6-14-28-15-8-9-23-17-22(12-13-25(23)28)18-29(21(5)7-2)26(30)27-24-16-19(3)10-11-20(24)4/h10-13,16-17,21H,6-9,14-15,18H2,1-5H3,(H,27,30)/t21-/m0/s1. The maximum absolute atomic E-state index is 5.88. The summed E-state index contributed by atoms with van der Waals surface area (Å²) in [6.07, 6.45) is 4.68. The summed E-state index contributed by atoms with van der Waals surface area (Å²) in [5.74, 6) is 0. The Bertz CT molecular complexity index is 877. The van der Waals surface area contributed by atoms with Gasteiger partial charge < -0.3 is 15.1 Å². The number of nitrogens with one attached hydrogen (secondary N) is 1. The van der Waals surface area contributed by atoms with Crippen LogP contribution >= 0.6 is 12.2 Å². The van der Waals surface area contributed by atoms with Crippen LogP contribution in [0.2, 0.25) is 0 Å². The Kier molecular flexibility index (Phi) is 7.76. The number of hydrogen-bond donors (Lipinski definition) is 1. The van der Waals surface area contributed by atoms with Crippen molar-refractivity contribution in [1.29, 1.82) is 0 Å². The van der Waals surface area contributed by atoms with E-state index in [4.69, 9.17) is 12.2 Å². The molecule has 0 radical (unpaired) electrons. The van der Waals surface area contributed by atoms with Gasteiger partial charge in [0.05, 0.1) is 0 Å². The van der Waals surface area contributed by atoms with Gasteiger partial charge in [0, 0.05) is 37.1 Å². The first kappa shape index (κ1) is 22.6. The number of nitrogens with zero attached hydrogens (tertiary/aromatic N) is 2. The molecule has 0 bridgehead atoms. The monoisotopic (exact) mass is 423 g/mol. The van der Waals surface area contributed by atoms with E-state index in [2.05, 4.69) is 86.1 Å². The van der Waals surface area contributed by atoms with Crippen LogP contribution in [0.4, 0.5) is 11.4 Å². The van der Waals surface area contributed by atoms with E-state index in [1.54, 1.807) is 0 Å². The number of thiocarbonyl (C=S) groups is 1. The van der Waals surface area contributed by atoms with Crippen LogP contribution in [-0.4, -0.2) is 29.1 Å². The van der Waals surface area contributed by atoms with Crippen LogP contribution in [0.5, 0.6) is 0 Å². The predicted molar refractivity (Wildman–Crippen MR) is 135 cm³/mol. The second-order valence-corrected chi connectivity index (χ2v) is 9.07. The SMILES string of the molecule is CCCN1CCCc2cc(CN(C(=S)Nc3cc(C)ccc3C)[C@@H](C)CC)ccc21. The molecule has 0 unspecified atom stereocenters. The number of rotatable bonds is 7. The Labute approximate surface area is 188 Å². The van der Waals surface area contributed by atoms with Gasteiger partial charge in [0.2, 0.25) is 0 Å². The summed E-state index contributed by atoms with van der Waals surface area (Å²) in [6.45, 7) is 14.2. The van der Waals surface area contributed by atoms with Gasteiger partial charge in [-0.2, -0.15) is 0 Å². The van der Waals surface area contributed by atoms with Gasteiger partial charge in [-0.3, -0.25) is 0 Å². The van der Waals surface area contributed by atoms with Crippen LogP contribution in [0, 0.1) is 13.8 Å². The zero-order valence-electron chi connectivity index (χ0n) is 19.3. The van der Waals surface area contributed by atoms with Crippen LogP contribution in [0.25, 0.3) is 0 Å². The molecule has 3 nitrogen and oxygen atoms in total. The molecule has 2 aromatic rings. The van der Waals surface area contributed by atoms with E-state index in [-0.39, 0.29) is 0 Å². The van der Waals surface area contributed by atoms with E-state index in [0.717, 1.165) is 30.3 Å². The lowest BCUT2D eigenvalue weighted by Crippen LogP contribution is -2.40. The molecule has 0 aliphatic carbocycles. The molecule has 0 saturated heterocycles. The van der Waals surface area contributed by atoms with Gasteiger partial charge in [-0.05, 0) is 93.1 Å². The largest absolute Gasteiger partial charge is 0.371 e. The Morgan fingerprint density at radius 1 is 1.17 bits per heavy atom. The normalized spacial score (nSPS) is 14.2. The lowest BCUT2D eigenvalue weighted by Gasteiger charge is -2.34. The highest BCUT2D eigenvalue weighted by atomic mass is 32.1. The molecule has 0 aromatic heterocycles. The molecule has 4 heteroatoms. The number of benzene rings is 2. The highest BCUT2D eigenvalue weighted by molar-refractivity contribution is 7.80. The topological polar surface area (TPSA) is 18.5 Å². The summed E-state index contributed by atoms with van der Waals surface area (Å²) in [6, 6.07) is 13.9. The van der Waals surface area contributed by atoms with Crippen LogP contribution in [0.1, 0.15) is 62.3 Å². The molecule has 1 aliphatic heterocycles. The van der Waals surface area contributed by atoms with Crippen LogP contribution in [-0.2, 0) is 13.0 Å². The van der Waals surface area contributed by atoms with E-state index in [1.807, 2.05) is 0 Å². The van der Waals surface area contributed by atoms with Crippen molar-refractivity contribution in [3.8, 4) is 0 Å². The Morgan fingerprint density at radius 2 is 1.97 bits per heavy atom. The third kappa shape index (κ3) is 5.34. The van der Waals surface area contributed by atoms with Gasteiger partial charge in [0.25, 0.3) is 0 Å². The van der Waals surface area contributed by atoms with Crippen LogP contribution in [0.3, 0.4) is 0 Å². The lowest BCUT2D eigenvalue weighted by molar-refractivity contribution is 0.319. The maximum Gasteiger partial charge on any atom is 0.173 e. The third-order valence-corrected chi connectivity index (χ3v) is 6.56. The molecule has 1 heterocycles. The third-order valence-electron chi connectivity index (χ3n) is 6.22. The molecule has 0 spiro atoms. The Balaban J connectivity index is 1.80. The summed E-state index contributed by atoms with van der Waals surface area (Å²) < 4.78 is 0. The fraction of sp³-hybridized carbons (Fsp3) is 0.500. The van der Waals surface area contributed by atoms with Gasteiger partial charge >= 0.3 is 0 Å². The zero-order chi connectivity index (χ0) is 21.7. The molecule has 3 rings (SSSR count). The van der Waals surface area contributed by atoms with E-state index >= 15 is 0 Å². The first-order valence-electron chi connectivity index (χ1n) is 11.4. The van der Waals surface area contributed by atoms with E-state index in [1.165, 1.54) is 53.7 Å². The molecular formula is C26H37N3S. The quantitative estimate of drug-likeness (QED) is 0.515. The molecule has 30 heavy (non-hydrogen) atoms. The second-order valence-electron chi connectivity index (χ2n) is 8.69. The first-order valence-corrected chi connectivity index (χ1v) is 11.8. The van der Waals surface area contributed by atoms with Crippen molar-refractivity contribution in [3.63, 3.8) is 0 Å². The van der Waals surface area contributed by atoms with Crippen molar-refractivity contribution in [1.82, 2.24) is 4.90 Å². The molecule has 0 amide bonds. The average Bonchev–Trinajstić information content (AvgIpc) is 2.74. The summed E-state index contributed by atoms with van der Waals surface area (Å²) in [7, 11) is 0. The smallest absolute Gasteiger partial charge is 0.173 e. The second kappa shape index (κ2) is 10.3. The fourth-order valence-corrected chi connectivity index (χ4v) is 4.59. The molecule has 2 aromatic carbocycles. The van der Waals surface area contributed by atoms with Gasteiger partial charge in [-0.25, -0.2) is 0 Å². The van der Waals surface area contributed by atoms with Crippen molar-refractivity contribution in [2.75, 3.05) is 23.3 Å². The minimum Gasteiger partial charge on any atom is -0.371 e. The average molecular weight is 424 g/mol. The number of anilines is 2.